The zero-order valence-electron chi connectivity index (χ0n) is 15.0. The minimum absolute atomic E-state index is 0.142. The second-order valence-corrected chi connectivity index (χ2v) is 7.89. The van der Waals surface area contributed by atoms with Gasteiger partial charge in [0, 0.05) is 23.2 Å². The third kappa shape index (κ3) is 2.94. The number of carbonyl (C=O) groups excluding carboxylic acids is 1. The molecule has 3 aromatic rings. The highest BCUT2D eigenvalue weighted by atomic mass is 32.2. The SMILES string of the molecule is COc1ccccc1-c1csc2nc(NC(=O)CC3=CSC4=NCCN34)nn12. The minimum atomic E-state index is -0.142. The number of para-hydroxylation sites is 1. The Balaban J connectivity index is 1.35. The number of nitrogens with zero attached hydrogens (tertiary/aromatic N) is 5. The fourth-order valence-corrected chi connectivity index (χ4v) is 5.00. The summed E-state index contributed by atoms with van der Waals surface area (Å²) in [6, 6.07) is 7.75. The van der Waals surface area contributed by atoms with Crippen molar-refractivity contribution in [3.63, 3.8) is 0 Å². The van der Waals surface area contributed by atoms with Gasteiger partial charge in [-0.2, -0.15) is 4.98 Å². The van der Waals surface area contributed by atoms with Gasteiger partial charge in [-0.3, -0.25) is 15.1 Å². The standard InChI is InChI=1S/C18H16N6O2S2/c1-26-14-5-3-2-4-12(14)13-10-28-18-21-16(22-24(13)18)20-15(25)8-11-9-27-17-19-6-7-23(11)17/h2-5,9-10H,6-8H2,1H3,(H,20,22,25). The van der Waals surface area contributed by atoms with Gasteiger partial charge in [0.25, 0.3) is 0 Å². The molecular formula is C18H16N6O2S2. The highest BCUT2D eigenvalue weighted by Crippen LogP contribution is 2.33. The average molecular weight is 413 g/mol. The molecule has 0 saturated heterocycles. The summed E-state index contributed by atoms with van der Waals surface area (Å²) in [6.07, 6.45) is 0.276. The third-order valence-electron chi connectivity index (χ3n) is 4.51. The zero-order chi connectivity index (χ0) is 19.1. The second-order valence-electron chi connectivity index (χ2n) is 6.22. The summed E-state index contributed by atoms with van der Waals surface area (Å²) >= 11 is 3.03. The molecule has 28 heavy (non-hydrogen) atoms. The summed E-state index contributed by atoms with van der Waals surface area (Å²) in [6.45, 7) is 1.62. The number of fused-ring (bicyclic) bond motifs is 2. The van der Waals surface area contributed by atoms with E-state index in [0.717, 1.165) is 41.0 Å². The van der Waals surface area contributed by atoms with Gasteiger partial charge in [0.05, 0.1) is 25.8 Å². The van der Waals surface area contributed by atoms with Crippen LogP contribution in [0.15, 0.2) is 45.7 Å². The Hall–Kier alpha value is -2.85. The fourth-order valence-electron chi connectivity index (χ4n) is 3.23. The van der Waals surface area contributed by atoms with Gasteiger partial charge in [0.15, 0.2) is 5.17 Å². The number of benzene rings is 1. The molecule has 2 aliphatic heterocycles. The molecule has 0 bridgehead atoms. The van der Waals surface area contributed by atoms with Crippen LogP contribution in [0.4, 0.5) is 5.95 Å². The highest BCUT2D eigenvalue weighted by molar-refractivity contribution is 8.16. The van der Waals surface area contributed by atoms with Crippen molar-refractivity contribution in [1.29, 1.82) is 0 Å². The van der Waals surface area contributed by atoms with E-state index in [9.17, 15) is 4.79 Å². The first-order chi connectivity index (χ1) is 13.7. The number of hydrogen-bond donors (Lipinski definition) is 1. The lowest BCUT2D eigenvalue weighted by Crippen LogP contribution is -2.24. The van der Waals surface area contributed by atoms with Crippen LogP contribution in [0.25, 0.3) is 16.2 Å². The lowest BCUT2D eigenvalue weighted by molar-refractivity contribution is -0.115. The van der Waals surface area contributed by atoms with Gasteiger partial charge < -0.3 is 9.64 Å². The minimum Gasteiger partial charge on any atom is -0.496 e. The first-order valence-electron chi connectivity index (χ1n) is 8.68. The number of hydrogen-bond acceptors (Lipinski definition) is 8. The van der Waals surface area contributed by atoms with Crippen LogP contribution in [-0.4, -0.2) is 50.8 Å². The third-order valence-corrected chi connectivity index (χ3v) is 6.27. The summed E-state index contributed by atoms with van der Waals surface area (Å²) < 4.78 is 7.18. The number of thiazole rings is 1. The van der Waals surface area contributed by atoms with Crippen LogP contribution in [-0.2, 0) is 4.79 Å². The first-order valence-corrected chi connectivity index (χ1v) is 10.4. The van der Waals surface area contributed by atoms with E-state index in [1.807, 2.05) is 35.1 Å². The van der Waals surface area contributed by atoms with Gasteiger partial charge in [-0.25, -0.2) is 4.52 Å². The molecule has 1 amide bonds. The predicted molar refractivity (Wildman–Crippen MR) is 111 cm³/mol. The predicted octanol–water partition coefficient (Wildman–Crippen LogP) is 3.05. The van der Waals surface area contributed by atoms with Crippen molar-refractivity contribution in [2.75, 3.05) is 25.5 Å². The second kappa shape index (κ2) is 6.95. The van der Waals surface area contributed by atoms with Gasteiger partial charge in [-0.1, -0.05) is 23.9 Å². The molecule has 0 aliphatic carbocycles. The van der Waals surface area contributed by atoms with Gasteiger partial charge >= 0.3 is 0 Å². The molecule has 2 aromatic heterocycles. The molecule has 0 saturated carbocycles. The fraction of sp³-hybridized carbons (Fsp3) is 0.222. The number of aromatic nitrogens is 3. The summed E-state index contributed by atoms with van der Waals surface area (Å²) in [5, 5.41) is 12.2. The van der Waals surface area contributed by atoms with Crippen molar-refractivity contribution >= 4 is 45.1 Å². The molecule has 1 N–H and O–H groups in total. The number of rotatable bonds is 5. The Labute approximate surface area is 168 Å². The number of amidine groups is 1. The monoisotopic (exact) mass is 412 g/mol. The number of amides is 1. The smallest absolute Gasteiger partial charge is 0.250 e. The topological polar surface area (TPSA) is 84.1 Å². The van der Waals surface area contributed by atoms with Crippen molar-refractivity contribution in [3.8, 4) is 17.0 Å². The molecule has 8 nitrogen and oxygen atoms in total. The Morgan fingerprint density at radius 1 is 1.36 bits per heavy atom. The highest BCUT2D eigenvalue weighted by Gasteiger charge is 2.27. The van der Waals surface area contributed by atoms with Crippen LogP contribution in [0.1, 0.15) is 6.42 Å². The van der Waals surface area contributed by atoms with E-state index in [4.69, 9.17) is 4.74 Å². The molecule has 142 valence electrons. The van der Waals surface area contributed by atoms with Crippen LogP contribution < -0.4 is 10.1 Å². The van der Waals surface area contributed by atoms with Gasteiger partial charge in [0.2, 0.25) is 16.8 Å². The van der Waals surface area contributed by atoms with Crippen LogP contribution in [0.2, 0.25) is 0 Å². The number of ether oxygens (including phenoxy) is 1. The lowest BCUT2D eigenvalue weighted by Gasteiger charge is -2.15. The average Bonchev–Trinajstić information content (AvgIpc) is 3.44. The van der Waals surface area contributed by atoms with Gasteiger partial charge in [-0.05, 0) is 17.5 Å². The van der Waals surface area contributed by atoms with E-state index >= 15 is 0 Å². The van der Waals surface area contributed by atoms with Gasteiger partial charge in [-0.15, -0.1) is 16.4 Å². The molecule has 0 atom stereocenters. The molecule has 5 rings (SSSR count). The summed E-state index contributed by atoms with van der Waals surface area (Å²) in [7, 11) is 1.64. The Bertz CT molecular complexity index is 1130. The molecule has 0 fully saturated rings. The number of nitrogens with one attached hydrogen (secondary N) is 1. The maximum atomic E-state index is 12.5. The molecule has 4 heterocycles. The Kier molecular flexibility index (Phi) is 4.29. The molecule has 2 aliphatic rings. The molecular weight excluding hydrogens is 396 g/mol. The van der Waals surface area contributed by atoms with E-state index in [0.29, 0.717) is 10.9 Å². The number of aliphatic imine (C=N–C) groups is 1. The maximum Gasteiger partial charge on any atom is 0.250 e. The van der Waals surface area contributed by atoms with Crippen molar-refractivity contribution in [1.82, 2.24) is 19.5 Å². The number of anilines is 1. The zero-order valence-corrected chi connectivity index (χ0v) is 16.6. The maximum absolute atomic E-state index is 12.5. The van der Waals surface area contributed by atoms with Crippen LogP contribution in [0.3, 0.4) is 0 Å². The van der Waals surface area contributed by atoms with E-state index in [1.54, 1.807) is 23.4 Å². The Morgan fingerprint density at radius 2 is 2.25 bits per heavy atom. The molecule has 10 heteroatoms. The van der Waals surface area contributed by atoms with E-state index in [1.165, 1.54) is 11.3 Å². The normalized spacial score (nSPS) is 15.5. The van der Waals surface area contributed by atoms with Crippen LogP contribution >= 0.6 is 23.1 Å². The van der Waals surface area contributed by atoms with E-state index < -0.39 is 0 Å². The Morgan fingerprint density at radius 3 is 3.14 bits per heavy atom. The number of thioether (sulfide) groups is 1. The quantitative estimate of drug-likeness (QED) is 0.693. The molecule has 0 radical (unpaired) electrons. The molecule has 0 unspecified atom stereocenters. The summed E-state index contributed by atoms with van der Waals surface area (Å²) in [4.78, 5) is 24.1. The van der Waals surface area contributed by atoms with Crippen molar-refractivity contribution in [2.24, 2.45) is 4.99 Å². The lowest BCUT2D eigenvalue weighted by atomic mass is 10.1. The van der Waals surface area contributed by atoms with E-state index in [2.05, 4.69) is 25.3 Å². The van der Waals surface area contributed by atoms with Crippen LogP contribution in [0, 0.1) is 0 Å². The van der Waals surface area contributed by atoms with Crippen molar-refractivity contribution in [2.45, 2.75) is 6.42 Å². The molecule has 0 spiro atoms. The molecule has 1 aromatic carbocycles. The van der Waals surface area contributed by atoms with Crippen molar-refractivity contribution < 1.29 is 9.53 Å². The number of methoxy groups -OCH3 is 1. The summed E-state index contributed by atoms with van der Waals surface area (Å²) in [5.74, 6) is 0.920. The van der Waals surface area contributed by atoms with Crippen LogP contribution in [0.5, 0.6) is 5.75 Å². The van der Waals surface area contributed by atoms with Gasteiger partial charge in [0.1, 0.15) is 5.75 Å². The number of carbonyl (C=O) groups is 1. The largest absolute Gasteiger partial charge is 0.496 e. The van der Waals surface area contributed by atoms with Crippen molar-refractivity contribution in [3.05, 3.63) is 40.8 Å². The van der Waals surface area contributed by atoms with E-state index in [-0.39, 0.29) is 12.3 Å². The first kappa shape index (κ1) is 17.3. The summed E-state index contributed by atoms with van der Waals surface area (Å²) in [5.41, 5.74) is 2.76.